The van der Waals surface area contributed by atoms with Gasteiger partial charge in [0.2, 0.25) is 0 Å². The second-order valence-corrected chi connectivity index (χ2v) is 6.94. The molecule has 0 radical (unpaired) electrons. The monoisotopic (exact) mass is 365 g/mol. The SMILES string of the molecule is CCCCn1c(C)c(C(=O)CCc2cccc(OC)c2)c2cc(O)ccc21. The molecular formula is C23H27NO3. The van der Waals surface area contributed by atoms with Crippen molar-refractivity contribution in [2.24, 2.45) is 0 Å². The lowest BCUT2D eigenvalue weighted by Gasteiger charge is -2.08. The van der Waals surface area contributed by atoms with Crippen LogP contribution in [0, 0.1) is 6.92 Å². The van der Waals surface area contributed by atoms with Crippen LogP contribution in [0.4, 0.5) is 0 Å². The van der Waals surface area contributed by atoms with Crippen LogP contribution in [0.1, 0.15) is 47.8 Å². The Morgan fingerprint density at radius 3 is 2.74 bits per heavy atom. The van der Waals surface area contributed by atoms with Crippen molar-refractivity contribution in [1.82, 2.24) is 4.57 Å². The predicted octanol–water partition coefficient (Wildman–Crippen LogP) is 5.28. The van der Waals surface area contributed by atoms with Gasteiger partial charge < -0.3 is 14.4 Å². The maximum absolute atomic E-state index is 13.1. The summed E-state index contributed by atoms with van der Waals surface area (Å²) in [4.78, 5) is 13.1. The van der Waals surface area contributed by atoms with E-state index in [2.05, 4.69) is 11.5 Å². The van der Waals surface area contributed by atoms with Crippen molar-refractivity contribution in [3.63, 3.8) is 0 Å². The molecular weight excluding hydrogens is 338 g/mol. The third-order valence-corrected chi connectivity index (χ3v) is 5.10. The van der Waals surface area contributed by atoms with Crippen molar-refractivity contribution in [2.75, 3.05) is 7.11 Å². The van der Waals surface area contributed by atoms with Gasteiger partial charge in [-0.2, -0.15) is 0 Å². The molecule has 0 unspecified atom stereocenters. The summed E-state index contributed by atoms with van der Waals surface area (Å²) in [5.41, 5.74) is 3.82. The van der Waals surface area contributed by atoms with Gasteiger partial charge in [0.1, 0.15) is 11.5 Å². The van der Waals surface area contributed by atoms with E-state index in [1.807, 2.05) is 37.3 Å². The lowest BCUT2D eigenvalue weighted by Crippen LogP contribution is -2.05. The van der Waals surface area contributed by atoms with E-state index in [4.69, 9.17) is 4.74 Å². The van der Waals surface area contributed by atoms with Crippen LogP contribution in [-0.2, 0) is 13.0 Å². The highest BCUT2D eigenvalue weighted by atomic mass is 16.5. The minimum absolute atomic E-state index is 0.112. The van der Waals surface area contributed by atoms with Gasteiger partial charge >= 0.3 is 0 Å². The molecule has 0 fully saturated rings. The van der Waals surface area contributed by atoms with E-state index in [-0.39, 0.29) is 11.5 Å². The lowest BCUT2D eigenvalue weighted by atomic mass is 10.00. The van der Waals surface area contributed by atoms with Crippen LogP contribution in [0.3, 0.4) is 0 Å². The summed E-state index contributed by atoms with van der Waals surface area (Å²) in [5, 5.41) is 10.8. The minimum Gasteiger partial charge on any atom is -0.508 e. The van der Waals surface area contributed by atoms with Gasteiger partial charge in [0.15, 0.2) is 5.78 Å². The summed E-state index contributed by atoms with van der Waals surface area (Å²) in [6.07, 6.45) is 3.24. The Kier molecular flexibility index (Phi) is 5.84. The zero-order valence-corrected chi connectivity index (χ0v) is 16.3. The number of nitrogens with zero attached hydrogens (tertiary/aromatic N) is 1. The quantitative estimate of drug-likeness (QED) is 0.553. The number of methoxy groups -OCH3 is 1. The number of hydrogen-bond donors (Lipinski definition) is 1. The van der Waals surface area contributed by atoms with Crippen LogP contribution in [-0.4, -0.2) is 22.6 Å². The smallest absolute Gasteiger partial charge is 0.165 e. The average molecular weight is 365 g/mol. The molecule has 1 heterocycles. The van der Waals surface area contributed by atoms with Gasteiger partial charge in [-0.05, 0) is 55.7 Å². The van der Waals surface area contributed by atoms with Crippen molar-refractivity contribution in [1.29, 1.82) is 0 Å². The number of phenolic OH excluding ortho intramolecular Hbond substituents is 1. The topological polar surface area (TPSA) is 51.5 Å². The van der Waals surface area contributed by atoms with E-state index in [1.54, 1.807) is 19.2 Å². The van der Waals surface area contributed by atoms with Gasteiger partial charge in [-0.1, -0.05) is 25.5 Å². The van der Waals surface area contributed by atoms with Crippen molar-refractivity contribution in [3.8, 4) is 11.5 Å². The van der Waals surface area contributed by atoms with Crippen molar-refractivity contribution >= 4 is 16.7 Å². The molecule has 0 saturated heterocycles. The van der Waals surface area contributed by atoms with Crippen LogP contribution in [0.15, 0.2) is 42.5 Å². The van der Waals surface area contributed by atoms with Crippen LogP contribution in [0.5, 0.6) is 11.5 Å². The van der Waals surface area contributed by atoms with E-state index >= 15 is 0 Å². The minimum atomic E-state index is 0.112. The Balaban J connectivity index is 1.91. The van der Waals surface area contributed by atoms with Crippen molar-refractivity contribution < 1.29 is 14.6 Å². The zero-order chi connectivity index (χ0) is 19.4. The molecule has 1 aromatic heterocycles. The number of carbonyl (C=O) groups excluding carboxylic acids is 1. The summed E-state index contributed by atoms with van der Waals surface area (Å²) in [6, 6.07) is 13.1. The number of ketones is 1. The molecule has 0 aliphatic heterocycles. The molecule has 0 amide bonds. The molecule has 3 aromatic rings. The Labute approximate surface area is 160 Å². The largest absolute Gasteiger partial charge is 0.508 e. The third kappa shape index (κ3) is 4.00. The lowest BCUT2D eigenvalue weighted by molar-refractivity contribution is 0.0983. The van der Waals surface area contributed by atoms with Crippen LogP contribution >= 0.6 is 0 Å². The van der Waals surface area contributed by atoms with Gasteiger partial charge in [-0.25, -0.2) is 0 Å². The fourth-order valence-electron chi connectivity index (χ4n) is 3.64. The number of rotatable bonds is 8. The molecule has 0 aliphatic rings. The molecule has 0 spiro atoms. The highest BCUT2D eigenvalue weighted by Crippen LogP contribution is 2.30. The van der Waals surface area contributed by atoms with Crippen LogP contribution < -0.4 is 4.74 Å². The second kappa shape index (κ2) is 8.30. The average Bonchev–Trinajstić information content (AvgIpc) is 2.95. The second-order valence-electron chi connectivity index (χ2n) is 6.94. The number of hydrogen-bond acceptors (Lipinski definition) is 3. The molecule has 3 rings (SSSR count). The highest BCUT2D eigenvalue weighted by Gasteiger charge is 2.20. The van der Waals surface area contributed by atoms with Crippen molar-refractivity contribution in [2.45, 2.75) is 46.1 Å². The van der Waals surface area contributed by atoms with E-state index < -0.39 is 0 Å². The normalized spacial score (nSPS) is 11.1. The first-order valence-electron chi connectivity index (χ1n) is 9.53. The maximum Gasteiger partial charge on any atom is 0.165 e. The number of unbranched alkanes of at least 4 members (excludes halogenated alkanes) is 1. The van der Waals surface area contributed by atoms with E-state index in [0.29, 0.717) is 12.8 Å². The Morgan fingerprint density at radius 1 is 1.19 bits per heavy atom. The summed E-state index contributed by atoms with van der Waals surface area (Å²) >= 11 is 0. The summed E-state index contributed by atoms with van der Waals surface area (Å²) in [5.74, 6) is 1.11. The first-order valence-corrected chi connectivity index (χ1v) is 9.53. The number of aromatic hydroxyl groups is 1. The summed E-state index contributed by atoms with van der Waals surface area (Å²) in [6.45, 7) is 5.05. The first kappa shape index (κ1) is 19.0. The molecule has 0 aliphatic carbocycles. The van der Waals surface area contributed by atoms with E-state index in [1.165, 1.54) is 0 Å². The Morgan fingerprint density at radius 2 is 2.00 bits per heavy atom. The fraction of sp³-hybridized carbons (Fsp3) is 0.348. The molecule has 2 aromatic carbocycles. The molecule has 0 saturated carbocycles. The first-order chi connectivity index (χ1) is 13.0. The molecule has 142 valence electrons. The molecule has 27 heavy (non-hydrogen) atoms. The standard InChI is InChI=1S/C23H27NO3/c1-4-5-13-24-16(2)23(20-15-18(25)10-11-21(20)24)22(26)12-9-17-7-6-8-19(14-17)27-3/h6-8,10-11,14-15,25H,4-5,9,12-13H2,1-3H3. The van der Waals surface area contributed by atoms with Gasteiger partial charge in [0.25, 0.3) is 0 Å². The fourth-order valence-corrected chi connectivity index (χ4v) is 3.64. The van der Waals surface area contributed by atoms with Gasteiger partial charge in [-0.3, -0.25) is 4.79 Å². The summed E-state index contributed by atoms with van der Waals surface area (Å²) < 4.78 is 7.47. The predicted molar refractivity (Wildman–Crippen MR) is 109 cm³/mol. The number of benzene rings is 2. The van der Waals surface area contributed by atoms with E-state index in [0.717, 1.165) is 52.9 Å². The maximum atomic E-state index is 13.1. The third-order valence-electron chi connectivity index (χ3n) is 5.10. The van der Waals surface area contributed by atoms with E-state index in [9.17, 15) is 9.90 Å². The number of phenols is 1. The number of fused-ring (bicyclic) bond motifs is 1. The molecule has 0 atom stereocenters. The zero-order valence-electron chi connectivity index (χ0n) is 16.3. The Hall–Kier alpha value is -2.75. The number of aromatic nitrogens is 1. The number of carbonyl (C=O) groups is 1. The van der Waals surface area contributed by atoms with Gasteiger partial charge in [0.05, 0.1) is 7.11 Å². The molecule has 0 bridgehead atoms. The number of aryl methyl sites for hydroxylation is 2. The number of Topliss-reactive ketones (excluding diaryl/α,β-unsaturated/α-hetero) is 1. The number of ether oxygens (including phenoxy) is 1. The van der Waals surface area contributed by atoms with Gasteiger partial charge in [-0.15, -0.1) is 0 Å². The van der Waals surface area contributed by atoms with Crippen LogP contribution in [0.25, 0.3) is 10.9 Å². The molecule has 1 N–H and O–H groups in total. The highest BCUT2D eigenvalue weighted by molar-refractivity contribution is 6.09. The molecule has 4 heteroatoms. The summed E-state index contributed by atoms with van der Waals surface area (Å²) in [7, 11) is 1.64. The van der Waals surface area contributed by atoms with Crippen molar-refractivity contribution in [3.05, 3.63) is 59.3 Å². The van der Waals surface area contributed by atoms with Gasteiger partial charge in [0, 0.05) is 35.1 Å². The Bertz CT molecular complexity index is 956. The molecule has 4 nitrogen and oxygen atoms in total. The van der Waals surface area contributed by atoms with Crippen LogP contribution in [0.2, 0.25) is 0 Å².